The van der Waals surface area contributed by atoms with Crippen molar-refractivity contribution < 1.29 is 18.1 Å². The predicted octanol–water partition coefficient (Wildman–Crippen LogP) is 1.76. The summed E-state index contributed by atoms with van der Waals surface area (Å²) in [5.74, 6) is 0. The van der Waals surface area contributed by atoms with E-state index in [1.165, 1.54) is 0 Å². The van der Waals surface area contributed by atoms with Gasteiger partial charge in [0, 0.05) is 0 Å². The van der Waals surface area contributed by atoms with Gasteiger partial charge in [-0.15, -0.1) is 0 Å². The quantitative estimate of drug-likeness (QED) is 0.816. The van der Waals surface area contributed by atoms with Crippen molar-refractivity contribution in [2.45, 2.75) is 5.25 Å². The Morgan fingerprint density at radius 1 is 1.06 bits per heavy atom. The number of aliphatic hydroxyl groups is 1. The molecular formula is C12H12O4S. The van der Waals surface area contributed by atoms with E-state index in [0.717, 1.165) is 5.39 Å². The van der Waals surface area contributed by atoms with Gasteiger partial charge < -0.3 is 5.11 Å². The molecule has 0 spiro atoms. The number of hydrogen-bond acceptors (Lipinski definition) is 3. The number of fused-ring (bicyclic) bond motifs is 1. The van der Waals surface area contributed by atoms with E-state index in [1.54, 1.807) is 24.3 Å². The predicted molar refractivity (Wildman–Crippen MR) is 65.3 cm³/mol. The molecule has 0 amide bonds. The highest BCUT2D eigenvalue weighted by Gasteiger charge is 2.25. The highest BCUT2D eigenvalue weighted by molar-refractivity contribution is 7.86. The minimum atomic E-state index is -4.31. The Labute approximate surface area is 99.3 Å². The van der Waals surface area contributed by atoms with Gasteiger partial charge in [0.2, 0.25) is 0 Å². The van der Waals surface area contributed by atoms with Gasteiger partial charge in [-0.2, -0.15) is 8.42 Å². The highest BCUT2D eigenvalue weighted by Crippen LogP contribution is 2.28. The molecule has 2 aromatic carbocycles. The first kappa shape index (κ1) is 12.0. The summed E-state index contributed by atoms with van der Waals surface area (Å²) in [6.07, 6.45) is 0. The van der Waals surface area contributed by atoms with Crippen molar-refractivity contribution in [2.75, 3.05) is 6.61 Å². The second-order valence-electron chi connectivity index (χ2n) is 3.75. The van der Waals surface area contributed by atoms with E-state index in [2.05, 4.69) is 0 Å². The second-order valence-corrected chi connectivity index (χ2v) is 5.35. The minimum absolute atomic E-state index is 0.410. The Kier molecular flexibility index (Phi) is 3.15. The van der Waals surface area contributed by atoms with Crippen molar-refractivity contribution in [2.24, 2.45) is 0 Å². The zero-order chi connectivity index (χ0) is 12.5. The molecule has 0 saturated heterocycles. The normalized spacial score (nSPS) is 13.8. The summed E-state index contributed by atoms with van der Waals surface area (Å²) in [5, 5.41) is 9.42. The number of benzene rings is 2. The lowest BCUT2D eigenvalue weighted by Crippen LogP contribution is -2.16. The Bertz CT molecular complexity index is 629. The molecule has 1 atom stereocenters. The van der Waals surface area contributed by atoms with Crippen molar-refractivity contribution in [1.82, 2.24) is 0 Å². The van der Waals surface area contributed by atoms with Crippen molar-refractivity contribution in [3.05, 3.63) is 48.0 Å². The molecule has 0 aliphatic rings. The van der Waals surface area contributed by atoms with E-state index in [9.17, 15) is 8.42 Å². The standard InChI is InChI=1S/C12H12O4S/c13-8-12(17(14,15)16)11-7-3-5-9-4-1-2-6-10(9)11/h1-7,12-13H,8H2,(H,14,15,16). The average molecular weight is 252 g/mol. The van der Waals surface area contributed by atoms with Crippen LogP contribution < -0.4 is 0 Å². The van der Waals surface area contributed by atoms with Crippen molar-refractivity contribution in [3.63, 3.8) is 0 Å². The van der Waals surface area contributed by atoms with Gasteiger partial charge in [0.1, 0.15) is 5.25 Å². The number of aliphatic hydroxyl groups excluding tert-OH is 1. The van der Waals surface area contributed by atoms with Crippen LogP contribution in [0.3, 0.4) is 0 Å². The molecule has 0 aliphatic carbocycles. The van der Waals surface area contributed by atoms with Crippen LogP contribution in [0, 0.1) is 0 Å². The largest absolute Gasteiger partial charge is 0.395 e. The molecule has 17 heavy (non-hydrogen) atoms. The van der Waals surface area contributed by atoms with Crippen LogP contribution in [-0.4, -0.2) is 24.7 Å². The van der Waals surface area contributed by atoms with Crippen LogP contribution in [-0.2, 0) is 10.1 Å². The summed E-state index contributed by atoms with van der Waals surface area (Å²) in [6.45, 7) is -0.646. The molecule has 0 radical (unpaired) electrons. The molecule has 90 valence electrons. The molecule has 4 nitrogen and oxygen atoms in total. The molecule has 0 bridgehead atoms. The van der Waals surface area contributed by atoms with E-state index in [1.807, 2.05) is 18.2 Å². The van der Waals surface area contributed by atoms with Crippen LogP contribution in [0.4, 0.5) is 0 Å². The van der Waals surface area contributed by atoms with E-state index < -0.39 is 22.0 Å². The van der Waals surface area contributed by atoms with Crippen LogP contribution in [0.25, 0.3) is 10.8 Å². The van der Waals surface area contributed by atoms with Gasteiger partial charge in [0.25, 0.3) is 10.1 Å². The zero-order valence-corrected chi connectivity index (χ0v) is 9.76. The first-order valence-electron chi connectivity index (χ1n) is 5.09. The maximum Gasteiger partial charge on any atom is 0.274 e. The summed E-state index contributed by atoms with van der Waals surface area (Å²) in [6, 6.07) is 12.4. The lowest BCUT2D eigenvalue weighted by atomic mass is 10.0. The third-order valence-corrected chi connectivity index (χ3v) is 3.82. The second kappa shape index (κ2) is 4.44. The molecule has 0 aliphatic heterocycles. The van der Waals surface area contributed by atoms with E-state index >= 15 is 0 Å². The number of hydrogen-bond donors (Lipinski definition) is 2. The summed E-state index contributed by atoms with van der Waals surface area (Å²) >= 11 is 0. The summed E-state index contributed by atoms with van der Waals surface area (Å²) in [7, 11) is -4.31. The molecule has 0 aromatic heterocycles. The van der Waals surface area contributed by atoms with Gasteiger partial charge in [-0.1, -0.05) is 42.5 Å². The molecular weight excluding hydrogens is 240 g/mol. The molecule has 1 unspecified atom stereocenters. The van der Waals surface area contributed by atoms with Crippen LogP contribution in [0.2, 0.25) is 0 Å². The molecule has 0 fully saturated rings. The molecule has 2 rings (SSSR count). The first-order valence-corrected chi connectivity index (χ1v) is 6.59. The molecule has 0 saturated carbocycles. The summed E-state index contributed by atoms with van der Waals surface area (Å²) in [5.41, 5.74) is 0.410. The molecule has 2 N–H and O–H groups in total. The van der Waals surface area contributed by atoms with E-state index in [-0.39, 0.29) is 0 Å². The lowest BCUT2D eigenvalue weighted by molar-refractivity contribution is 0.285. The van der Waals surface area contributed by atoms with Crippen LogP contribution in [0.1, 0.15) is 10.8 Å². The van der Waals surface area contributed by atoms with Crippen LogP contribution in [0.5, 0.6) is 0 Å². The maximum atomic E-state index is 11.2. The Morgan fingerprint density at radius 2 is 1.71 bits per heavy atom. The monoisotopic (exact) mass is 252 g/mol. The molecule has 0 heterocycles. The minimum Gasteiger partial charge on any atom is -0.395 e. The fraction of sp³-hybridized carbons (Fsp3) is 0.167. The SMILES string of the molecule is O=S(=O)(O)C(CO)c1cccc2ccccc12. The van der Waals surface area contributed by atoms with E-state index in [0.29, 0.717) is 10.9 Å². The maximum absolute atomic E-state index is 11.2. The van der Waals surface area contributed by atoms with Gasteiger partial charge in [-0.25, -0.2) is 0 Å². The van der Waals surface area contributed by atoms with Gasteiger partial charge in [0.05, 0.1) is 6.61 Å². The van der Waals surface area contributed by atoms with E-state index in [4.69, 9.17) is 9.66 Å². The van der Waals surface area contributed by atoms with Crippen LogP contribution in [0.15, 0.2) is 42.5 Å². The molecule has 5 heteroatoms. The van der Waals surface area contributed by atoms with Gasteiger partial charge in [-0.05, 0) is 16.3 Å². The lowest BCUT2D eigenvalue weighted by Gasteiger charge is -2.13. The smallest absolute Gasteiger partial charge is 0.274 e. The zero-order valence-electron chi connectivity index (χ0n) is 8.95. The fourth-order valence-electron chi connectivity index (χ4n) is 1.88. The summed E-state index contributed by atoms with van der Waals surface area (Å²) in [4.78, 5) is 0. The average Bonchev–Trinajstić information content (AvgIpc) is 2.28. The van der Waals surface area contributed by atoms with Crippen molar-refractivity contribution in [3.8, 4) is 0 Å². The Morgan fingerprint density at radius 3 is 2.35 bits per heavy atom. The topological polar surface area (TPSA) is 74.6 Å². The van der Waals surface area contributed by atoms with Gasteiger partial charge >= 0.3 is 0 Å². The van der Waals surface area contributed by atoms with Crippen molar-refractivity contribution in [1.29, 1.82) is 0 Å². The highest BCUT2D eigenvalue weighted by atomic mass is 32.2. The Hall–Kier alpha value is -1.43. The molecule has 2 aromatic rings. The first-order chi connectivity index (χ1) is 8.04. The third-order valence-electron chi connectivity index (χ3n) is 2.70. The van der Waals surface area contributed by atoms with Gasteiger partial charge in [-0.3, -0.25) is 4.55 Å². The van der Waals surface area contributed by atoms with Crippen LogP contribution >= 0.6 is 0 Å². The van der Waals surface area contributed by atoms with Gasteiger partial charge in [0.15, 0.2) is 0 Å². The third kappa shape index (κ3) is 2.31. The summed E-state index contributed by atoms with van der Waals surface area (Å²) < 4.78 is 31.5. The van der Waals surface area contributed by atoms with Crippen molar-refractivity contribution >= 4 is 20.9 Å². The fourth-order valence-corrected chi connectivity index (χ4v) is 2.60. The number of rotatable bonds is 3. The Balaban J connectivity index is 2.70.